The van der Waals surface area contributed by atoms with E-state index in [0.717, 1.165) is 9.35 Å². The van der Waals surface area contributed by atoms with E-state index in [1.807, 2.05) is 25.3 Å². The van der Waals surface area contributed by atoms with E-state index >= 15 is 0 Å². The van der Waals surface area contributed by atoms with E-state index in [-0.39, 0.29) is 12.3 Å². The van der Waals surface area contributed by atoms with Crippen molar-refractivity contribution in [2.24, 2.45) is 5.41 Å². The van der Waals surface area contributed by atoms with Crippen molar-refractivity contribution >= 4 is 39.1 Å². The molecule has 0 aliphatic carbocycles. The molecule has 1 aromatic rings. The number of carboxylic acids is 1. The predicted molar refractivity (Wildman–Crippen MR) is 83.8 cm³/mol. The molecule has 1 amide bonds. The van der Waals surface area contributed by atoms with Crippen molar-refractivity contribution in [2.45, 2.75) is 39.7 Å². The number of aliphatic carboxylic acids is 1. The molecule has 1 heterocycles. The van der Waals surface area contributed by atoms with Crippen LogP contribution in [0.15, 0.2) is 15.2 Å². The molecule has 1 rings (SSSR count). The Kier molecular flexibility index (Phi) is 6.20. The summed E-state index contributed by atoms with van der Waals surface area (Å²) in [6.07, 6.45) is 0.974. The van der Waals surface area contributed by atoms with Crippen molar-refractivity contribution in [3.63, 3.8) is 0 Å². The van der Waals surface area contributed by atoms with Crippen molar-refractivity contribution in [1.82, 2.24) is 4.90 Å². The molecule has 0 bridgehead atoms. The molecule has 4 nitrogen and oxygen atoms in total. The highest BCUT2D eigenvalue weighted by Crippen LogP contribution is 2.32. The van der Waals surface area contributed by atoms with Gasteiger partial charge in [0.15, 0.2) is 0 Å². The van der Waals surface area contributed by atoms with E-state index in [0.29, 0.717) is 19.4 Å². The van der Waals surface area contributed by atoms with E-state index in [9.17, 15) is 14.7 Å². The van der Waals surface area contributed by atoms with E-state index < -0.39 is 11.4 Å². The number of nitrogens with zero attached hydrogens (tertiary/aromatic N) is 1. The smallest absolute Gasteiger partial charge is 0.310 e. The van der Waals surface area contributed by atoms with E-state index in [1.165, 1.54) is 0 Å². The van der Waals surface area contributed by atoms with Gasteiger partial charge in [-0.25, -0.2) is 0 Å². The second-order valence-corrected chi connectivity index (χ2v) is 7.27. The van der Waals surface area contributed by atoms with Crippen molar-refractivity contribution in [1.29, 1.82) is 0 Å². The predicted octanol–water partition coefficient (Wildman–Crippen LogP) is 3.75. The first-order valence-corrected chi connectivity index (χ1v) is 8.22. The zero-order valence-corrected chi connectivity index (χ0v) is 14.4. The van der Waals surface area contributed by atoms with Crippen LogP contribution in [0.4, 0.5) is 0 Å². The molecule has 0 saturated carbocycles. The van der Waals surface area contributed by atoms with E-state index in [1.54, 1.807) is 23.3 Å². The minimum atomic E-state index is -0.944. The Morgan fingerprint density at radius 1 is 1.40 bits per heavy atom. The normalized spacial score (nSPS) is 11.4. The summed E-state index contributed by atoms with van der Waals surface area (Å²) in [6, 6.07) is 1.97. The Bertz CT molecular complexity index is 483. The molecule has 0 aromatic carbocycles. The number of amides is 1. The van der Waals surface area contributed by atoms with Crippen LogP contribution in [0.2, 0.25) is 0 Å². The molecule has 112 valence electrons. The lowest BCUT2D eigenvalue weighted by molar-refractivity contribution is -0.154. The maximum Gasteiger partial charge on any atom is 0.310 e. The minimum absolute atomic E-state index is 0.0527. The van der Waals surface area contributed by atoms with Crippen LogP contribution in [0.5, 0.6) is 0 Å². The maximum atomic E-state index is 12.2. The molecule has 0 fully saturated rings. The average molecular weight is 362 g/mol. The summed E-state index contributed by atoms with van der Waals surface area (Å²) >= 11 is 4.96. The summed E-state index contributed by atoms with van der Waals surface area (Å²) in [5, 5.41) is 11.4. The first-order valence-electron chi connectivity index (χ1n) is 6.55. The number of rotatable bonds is 7. The Labute approximate surface area is 131 Å². The van der Waals surface area contributed by atoms with Gasteiger partial charge in [-0.2, -0.15) is 0 Å². The molecule has 0 saturated heterocycles. The van der Waals surface area contributed by atoms with E-state index in [4.69, 9.17) is 0 Å². The third-order valence-corrected chi connectivity index (χ3v) is 5.32. The van der Waals surface area contributed by atoms with Gasteiger partial charge in [-0.05, 0) is 45.8 Å². The van der Waals surface area contributed by atoms with Crippen LogP contribution in [0.25, 0.3) is 0 Å². The molecule has 0 spiro atoms. The van der Waals surface area contributed by atoms with Gasteiger partial charge in [-0.1, -0.05) is 13.8 Å². The summed E-state index contributed by atoms with van der Waals surface area (Å²) in [5.41, 5.74) is 0.104. The lowest BCUT2D eigenvalue weighted by Gasteiger charge is -2.28. The van der Waals surface area contributed by atoms with E-state index in [2.05, 4.69) is 15.9 Å². The van der Waals surface area contributed by atoms with Crippen LogP contribution < -0.4 is 0 Å². The zero-order valence-electron chi connectivity index (χ0n) is 12.0. The quantitative estimate of drug-likeness (QED) is 0.804. The highest BCUT2D eigenvalue weighted by molar-refractivity contribution is 9.11. The summed E-state index contributed by atoms with van der Waals surface area (Å²) in [5.74, 6) is -1.01. The third-order valence-electron chi connectivity index (χ3n) is 3.76. The van der Waals surface area contributed by atoms with Gasteiger partial charge in [-0.15, -0.1) is 11.3 Å². The molecule has 1 N–H and O–H groups in total. The van der Waals surface area contributed by atoms with Crippen LogP contribution in [-0.2, 0) is 16.1 Å². The topological polar surface area (TPSA) is 57.6 Å². The number of carbonyl (C=O) groups is 2. The highest BCUT2D eigenvalue weighted by Gasteiger charge is 2.37. The molecular weight excluding hydrogens is 342 g/mol. The van der Waals surface area contributed by atoms with Gasteiger partial charge in [-0.3, -0.25) is 9.59 Å². The molecular formula is C14H20BrNO3S. The van der Waals surface area contributed by atoms with Crippen molar-refractivity contribution in [3.05, 3.63) is 20.8 Å². The Morgan fingerprint density at radius 3 is 2.40 bits per heavy atom. The molecule has 6 heteroatoms. The lowest BCUT2D eigenvalue weighted by Crippen LogP contribution is -2.37. The largest absolute Gasteiger partial charge is 0.481 e. The Morgan fingerprint density at radius 2 is 2.00 bits per heavy atom. The fraction of sp³-hybridized carbons (Fsp3) is 0.571. The molecule has 1 aromatic heterocycles. The molecule has 0 atom stereocenters. The fourth-order valence-corrected chi connectivity index (χ4v) is 3.29. The second kappa shape index (κ2) is 7.22. The number of hydrogen-bond donors (Lipinski definition) is 1. The van der Waals surface area contributed by atoms with Crippen molar-refractivity contribution < 1.29 is 14.7 Å². The first kappa shape index (κ1) is 17.2. The standard InChI is InChI=1S/C14H20BrNO3S/c1-4-14(5-2,13(18)19)7-12(17)16(3)8-10-6-11(15)20-9-10/h6,9H,4-5,7-8H2,1-3H3,(H,18,19). The van der Waals surface area contributed by atoms with Gasteiger partial charge in [0.2, 0.25) is 5.91 Å². The Balaban J connectivity index is 2.71. The molecule has 0 aliphatic rings. The molecule has 0 unspecified atom stereocenters. The maximum absolute atomic E-state index is 12.2. The highest BCUT2D eigenvalue weighted by atomic mass is 79.9. The van der Waals surface area contributed by atoms with Gasteiger partial charge < -0.3 is 10.0 Å². The van der Waals surface area contributed by atoms with Crippen LogP contribution in [0.3, 0.4) is 0 Å². The van der Waals surface area contributed by atoms with Crippen LogP contribution in [-0.4, -0.2) is 28.9 Å². The summed E-state index contributed by atoms with van der Waals surface area (Å²) in [6.45, 7) is 4.14. The molecule has 0 radical (unpaired) electrons. The minimum Gasteiger partial charge on any atom is -0.481 e. The number of carbonyl (C=O) groups excluding carboxylic acids is 1. The number of carboxylic acid groups (broad SMARTS) is 1. The van der Waals surface area contributed by atoms with Gasteiger partial charge in [0.25, 0.3) is 0 Å². The number of halogens is 1. The monoisotopic (exact) mass is 361 g/mol. The summed E-state index contributed by atoms with van der Waals surface area (Å²) in [4.78, 5) is 25.3. The number of thiophene rings is 1. The molecule has 20 heavy (non-hydrogen) atoms. The van der Waals surface area contributed by atoms with Crippen molar-refractivity contribution in [3.8, 4) is 0 Å². The molecule has 0 aliphatic heterocycles. The van der Waals surface area contributed by atoms with Crippen LogP contribution >= 0.6 is 27.3 Å². The first-order chi connectivity index (χ1) is 9.34. The van der Waals surface area contributed by atoms with Gasteiger partial charge >= 0.3 is 5.97 Å². The second-order valence-electron chi connectivity index (χ2n) is 4.98. The fourth-order valence-electron chi connectivity index (χ4n) is 2.09. The summed E-state index contributed by atoms with van der Waals surface area (Å²) < 4.78 is 1.02. The van der Waals surface area contributed by atoms with Gasteiger partial charge in [0, 0.05) is 20.0 Å². The Hall–Kier alpha value is -0.880. The lowest BCUT2D eigenvalue weighted by atomic mass is 9.79. The third kappa shape index (κ3) is 4.06. The average Bonchev–Trinajstić information content (AvgIpc) is 2.80. The number of hydrogen-bond acceptors (Lipinski definition) is 3. The van der Waals surface area contributed by atoms with Crippen LogP contribution in [0.1, 0.15) is 38.7 Å². The van der Waals surface area contributed by atoms with Gasteiger partial charge in [0.1, 0.15) is 0 Å². The van der Waals surface area contributed by atoms with Gasteiger partial charge in [0.05, 0.1) is 9.20 Å². The summed E-state index contributed by atoms with van der Waals surface area (Å²) in [7, 11) is 1.71. The van der Waals surface area contributed by atoms with Crippen LogP contribution in [0, 0.1) is 5.41 Å². The SMILES string of the molecule is CCC(CC)(CC(=O)N(C)Cc1csc(Br)c1)C(=O)O. The zero-order chi connectivity index (χ0) is 15.3. The van der Waals surface area contributed by atoms with Crippen molar-refractivity contribution in [2.75, 3.05) is 7.05 Å².